The molecule has 26 heavy (non-hydrogen) atoms. The zero-order valence-electron chi connectivity index (χ0n) is 13.7. The van der Waals surface area contributed by atoms with Gasteiger partial charge < -0.3 is 26.0 Å². The molecule has 0 spiro atoms. The van der Waals surface area contributed by atoms with Crippen LogP contribution in [0.4, 0.5) is 5.69 Å². The van der Waals surface area contributed by atoms with Crippen molar-refractivity contribution < 1.29 is 29.3 Å². The lowest BCUT2D eigenvalue weighted by atomic mass is 10.1. The van der Waals surface area contributed by atoms with Gasteiger partial charge in [-0.3, -0.25) is 9.59 Å². The zero-order chi connectivity index (χ0) is 19.1. The predicted octanol–water partition coefficient (Wildman–Crippen LogP) is 1.32. The predicted molar refractivity (Wildman–Crippen MR) is 92.7 cm³/mol. The molecule has 8 nitrogen and oxygen atoms in total. The average Bonchev–Trinajstić information content (AvgIpc) is 2.62. The lowest BCUT2D eigenvalue weighted by molar-refractivity contribution is -0.159. The van der Waals surface area contributed by atoms with E-state index in [1.54, 1.807) is 54.6 Å². The summed E-state index contributed by atoms with van der Waals surface area (Å²) in [5.41, 5.74) is 6.87. The fourth-order valence-corrected chi connectivity index (χ4v) is 2.18. The fourth-order valence-electron chi connectivity index (χ4n) is 2.18. The summed E-state index contributed by atoms with van der Waals surface area (Å²) in [6.07, 6.45) is -1.69. The Balaban J connectivity index is 2.03. The Hall–Kier alpha value is -3.23. The average molecular weight is 358 g/mol. The third kappa shape index (κ3) is 5.13. The molecule has 2 rings (SSSR count). The number of hydrogen-bond donors (Lipinski definition) is 4. The number of carboxylic acids is 2. The van der Waals surface area contributed by atoms with E-state index in [9.17, 15) is 14.4 Å². The number of carbonyl (C=O) groups excluding carboxylic acids is 1. The summed E-state index contributed by atoms with van der Waals surface area (Å²) < 4.78 is 5.14. The first kappa shape index (κ1) is 19.1. The van der Waals surface area contributed by atoms with E-state index in [1.807, 2.05) is 0 Å². The number of carboxylic acid groups (broad SMARTS) is 2. The van der Waals surface area contributed by atoms with Crippen LogP contribution in [0, 0.1) is 0 Å². The molecular weight excluding hydrogens is 340 g/mol. The minimum atomic E-state index is -1.69. The molecule has 2 atom stereocenters. The summed E-state index contributed by atoms with van der Waals surface area (Å²) in [5, 5.41) is 20.6. The van der Waals surface area contributed by atoms with Gasteiger partial charge in [-0.2, -0.15) is 0 Å². The fraction of sp³-hybridized carbons (Fsp3) is 0.167. The SMILES string of the molecule is N[C@H](C(=O)O)C(OCc1cccc(NC(=O)c2ccccc2)c1)C(=O)O. The second-order valence-electron chi connectivity index (χ2n) is 5.45. The molecule has 1 unspecified atom stereocenters. The second-order valence-corrected chi connectivity index (χ2v) is 5.45. The third-order valence-corrected chi connectivity index (χ3v) is 3.51. The van der Waals surface area contributed by atoms with Crippen LogP contribution in [0.15, 0.2) is 54.6 Å². The maximum absolute atomic E-state index is 12.1. The van der Waals surface area contributed by atoms with Crippen LogP contribution in [0.1, 0.15) is 15.9 Å². The van der Waals surface area contributed by atoms with Gasteiger partial charge in [0.1, 0.15) is 6.04 Å². The van der Waals surface area contributed by atoms with Crippen LogP contribution < -0.4 is 11.1 Å². The molecule has 0 radical (unpaired) electrons. The van der Waals surface area contributed by atoms with E-state index >= 15 is 0 Å². The Labute approximate surface area is 149 Å². The highest BCUT2D eigenvalue weighted by molar-refractivity contribution is 6.04. The number of rotatable bonds is 8. The number of nitrogens with two attached hydrogens (primary N) is 1. The van der Waals surface area contributed by atoms with Gasteiger partial charge in [-0.25, -0.2) is 4.79 Å². The van der Waals surface area contributed by atoms with Gasteiger partial charge in [0, 0.05) is 11.3 Å². The van der Waals surface area contributed by atoms with Crippen molar-refractivity contribution in [2.24, 2.45) is 5.73 Å². The van der Waals surface area contributed by atoms with Gasteiger partial charge >= 0.3 is 11.9 Å². The highest BCUT2D eigenvalue weighted by Crippen LogP contribution is 2.14. The van der Waals surface area contributed by atoms with E-state index in [-0.39, 0.29) is 12.5 Å². The molecule has 1 amide bonds. The molecule has 2 aromatic rings. The minimum absolute atomic E-state index is 0.174. The van der Waals surface area contributed by atoms with Crippen molar-refractivity contribution in [1.29, 1.82) is 0 Å². The summed E-state index contributed by atoms with van der Waals surface area (Å²) >= 11 is 0. The molecule has 136 valence electrons. The van der Waals surface area contributed by atoms with E-state index in [1.165, 1.54) is 0 Å². The number of carbonyl (C=O) groups is 3. The third-order valence-electron chi connectivity index (χ3n) is 3.51. The first-order valence-corrected chi connectivity index (χ1v) is 7.66. The summed E-state index contributed by atoms with van der Waals surface area (Å²) in [6.45, 7) is -0.174. The van der Waals surface area contributed by atoms with Crippen LogP contribution in [0.3, 0.4) is 0 Å². The largest absolute Gasteiger partial charge is 0.480 e. The molecule has 0 fully saturated rings. The topological polar surface area (TPSA) is 139 Å². The molecule has 0 saturated heterocycles. The van der Waals surface area contributed by atoms with Crippen molar-refractivity contribution in [3.8, 4) is 0 Å². The van der Waals surface area contributed by atoms with E-state index in [2.05, 4.69) is 5.32 Å². The van der Waals surface area contributed by atoms with Crippen LogP contribution in [0.2, 0.25) is 0 Å². The summed E-state index contributed by atoms with van der Waals surface area (Å²) in [7, 11) is 0. The van der Waals surface area contributed by atoms with Gasteiger partial charge in [0.15, 0.2) is 6.10 Å². The summed E-state index contributed by atoms with van der Waals surface area (Å²) in [4.78, 5) is 34.1. The molecule has 0 aliphatic carbocycles. The van der Waals surface area contributed by atoms with Crippen molar-refractivity contribution in [3.63, 3.8) is 0 Å². The maximum atomic E-state index is 12.1. The quantitative estimate of drug-likeness (QED) is 0.558. The summed E-state index contributed by atoms with van der Waals surface area (Å²) in [5.74, 6) is -3.23. The van der Waals surface area contributed by atoms with Gasteiger partial charge in [0.2, 0.25) is 0 Å². The molecule has 8 heteroatoms. The summed E-state index contributed by atoms with van der Waals surface area (Å²) in [6, 6.07) is 13.5. The maximum Gasteiger partial charge on any atom is 0.335 e. The molecule has 0 aliphatic rings. The van der Waals surface area contributed by atoms with Crippen LogP contribution in [-0.2, 0) is 20.9 Å². The van der Waals surface area contributed by atoms with Gasteiger partial charge in [0.25, 0.3) is 5.91 Å². The van der Waals surface area contributed by atoms with Crippen molar-refractivity contribution >= 4 is 23.5 Å². The van der Waals surface area contributed by atoms with Gasteiger partial charge in [0.05, 0.1) is 6.61 Å². The Kier molecular flexibility index (Phi) is 6.42. The van der Waals surface area contributed by atoms with Crippen molar-refractivity contribution in [1.82, 2.24) is 0 Å². The lowest BCUT2D eigenvalue weighted by Gasteiger charge is -2.17. The Bertz CT molecular complexity index is 793. The monoisotopic (exact) mass is 358 g/mol. The van der Waals surface area contributed by atoms with Gasteiger partial charge in [-0.05, 0) is 29.8 Å². The molecule has 0 bridgehead atoms. The minimum Gasteiger partial charge on any atom is -0.480 e. The van der Waals surface area contributed by atoms with E-state index in [4.69, 9.17) is 20.7 Å². The first-order valence-electron chi connectivity index (χ1n) is 7.66. The molecule has 2 aromatic carbocycles. The Morgan fingerprint density at radius 2 is 1.69 bits per heavy atom. The number of nitrogens with one attached hydrogen (secondary N) is 1. The van der Waals surface area contributed by atoms with Crippen molar-refractivity contribution in [2.45, 2.75) is 18.8 Å². The molecular formula is C18H18N2O6. The molecule has 0 saturated carbocycles. The molecule has 0 heterocycles. The number of amides is 1. The van der Waals surface area contributed by atoms with Gasteiger partial charge in [-0.15, -0.1) is 0 Å². The highest BCUT2D eigenvalue weighted by atomic mass is 16.5. The number of ether oxygens (including phenoxy) is 1. The molecule has 0 aliphatic heterocycles. The number of anilines is 1. The molecule has 5 N–H and O–H groups in total. The number of aliphatic carboxylic acids is 2. The smallest absolute Gasteiger partial charge is 0.335 e. The van der Waals surface area contributed by atoms with Crippen LogP contribution in [0.25, 0.3) is 0 Å². The van der Waals surface area contributed by atoms with Gasteiger partial charge in [-0.1, -0.05) is 30.3 Å². The zero-order valence-corrected chi connectivity index (χ0v) is 13.7. The normalized spacial score (nSPS) is 12.8. The van der Waals surface area contributed by atoms with Crippen LogP contribution in [0.5, 0.6) is 0 Å². The van der Waals surface area contributed by atoms with Crippen LogP contribution in [-0.4, -0.2) is 40.2 Å². The first-order chi connectivity index (χ1) is 12.4. The van der Waals surface area contributed by atoms with E-state index in [0.29, 0.717) is 16.8 Å². The second kappa shape index (κ2) is 8.75. The van der Waals surface area contributed by atoms with E-state index < -0.39 is 24.1 Å². The lowest BCUT2D eigenvalue weighted by Crippen LogP contribution is -2.47. The van der Waals surface area contributed by atoms with E-state index in [0.717, 1.165) is 0 Å². The van der Waals surface area contributed by atoms with Crippen molar-refractivity contribution in [2.75, 3.05) is 5.32 Å². The Morgan fingerprint density at radius 1 is 1.00 bits per heavy atom. The van der Waals surface area contributed by atoms with Crippen LogP contribution >= 0.6 is 0 Å². The van der Waals surface area contributed by atoms with Crippen molar-refractivity contribution in [3.05, 3.63) is 65.7 Å². The number of benzene rings is 2. The highest BCUT2D eigenvalue weighted by Gasteiger charge is 2.31. The number of hydrogen-bond acceptors (Lipinski definition) is 5. The Morgan fingerprint density at radius 3 is 2.31 bits per heavy atom. The molecule has 0 aromatic heterocycles. The standard InChI is InChI=1S/C18H18N2O6/c19-14(17(22)23)15(18(24)25)26-10-11-5-4-8-13(9-11)20-16(21)12-6-2-1-3-7-12/h1-9,14-15H,10,19H2,(H,20,21)(H,22,23)(H,24,25)/t14-,15?/m0/s1.